The number of rotatable bonds is 9. The highest BCUT2D eigenvalue weighted by Gasteiger charge is 2.26. The van der Waals surface area contributed by atoms with Gasteiger partial charge >= 0.3 is 5.97 Å². The predicted octanol–water partition coefficient (Wildman–Crippen LogP) is 2.52. The predicted molar refractivity (Wildman–Crippen MR) is 71.8 cm³/mol. The zero-order valence-corrected chi connectivity index (χ0v) is 11.7. The third-order valence-corrected chi connectivity index (χ3v) is 3.58. The first-order valence-corrected chi connectivity index (χ1v) is 7.16. The lowest BCUT2D eigenvalue weighted by molar-refractivity contribution is -0.137. The number of hydrogen-bond donors (Lipinski definition) is 1. The van der Waals surface area contributed by atoms with E-state index in [1.165, 1.54) is 19.4 Å². The van der Waals surface area contributed by atoms with Crippen LogP contribution in [0.1, 0.15) is 52.4 Å². The highest BCUT2D eigenvalue weighted by Crippen LogP contribution is 2.20. The summed E-state index contributed by atoms with van der Waals surface area (Å²) in [5, 5.41) is 8.50. The lowest BCUT2D eigenvalue weighted by atomic mass is 10.2. The van der Waals surface area contributed by atoms with Gasteiger partial charge in [-0.1, -0.05) is 6.42 Å². The Morgan fingerprint density at radius 3 is 2.83 bits per heavy atom. The molecule has 0 bridgehead atoms. The molecular weight excluding hydrogens is 230 g/mol. The Morgan fingerprint density at radius 1 is 1.39 bits per heavy atom. The average molecular weight is 257 g/mol. The van der Waals surface area contributed by atoms with E-state index in [1.54, 1.807) is 0 Å². The molecule has 0 saturated carbocycles. The number of aliphatic carboxylic acids is 1. The first-order valence-electron chi connectivity index (χ1n) is 7.16. The minimum Gasteiger partial charge on any atom is -0.481 e. The summed E-state index contributed by atoms with van der Waals surface area (Å²) in [6, 6.07) is 1.20. The molecule has 1 rings (SSSR count). The van der Waals surface area contributed by atoms with Crippen molar-refractivity contribution in [3.63, 3.8) is 0 Å². The summed E-state index contributed by atoms with van der Waals surface area (Å²) in [6.07, 6.45) is 5.50. The molecule has 0 radical (unpaired) electrons. The van der Waals surface area contributed by atoms with E-state index >= 15 is 0 Å². The van der Waals surface area contributed by atoms with E-state index in [1.807, 2.05) is 0 Å². The van der Waals surface area contributed by atoms with Crippen LogP contribution >= 0.6 is 0 Å². The van der Waals surface area contributed by atoms with Crippen molar-refractivity contribution in [1.29, 1.82) is 0 Å². The fourth-order valence-electron chi connectivity index (χ4n) is 2.59. The summed E-state index contributed by atoms with van der Waals surface area (Å²) in [5.41, 5.74) is 0. The van der Waals surface area contributed by atoms with E-state index < -0.39 is 5.97 Å². The molecule has 1 heterocycles. The Bertz CT molecular complexity index is 243. The van der Waals surface area contributed by atoms with Crippen molar-refractivity contribution in [3.8, 4) is 0 Å². The van der Waals surface area contributed by atoms with E-state index in [4.69, 9.17) is 9.84 Å². The summed E-state index contributed by atoms with van der Waals surface area (Å²) in [5.74, 6) is -0.700. The number of carbonyl (C=O) groups is 1. The molecule has 4 nitrogen and oxygen atoms in total. The Morgan fingerprint density at radius 2 is 2.17 bits per heavy atom. The van der Waals surface area contributed by atoms with Gasteiger partial charge in [0.05, 0.1) is 6.61 Å². The van der Waals surface area contributed by atoms with Crippen LogP contribution in [0, 0.1) is 0 Å². The van der Waals surface area contributed by atoms with Crippen LogP contribution in [0.25, 0.3) is 0 Å². The van der Waals surface area contributed by atoms with Crippen molar-refractivity contribution in [2.45, 2.75) is 64.5 Å². The SMILES string of the molecule is CC(C)N1CCC[C@H]1COCCCCCC(=O)O. The Hall–Kier alpha value is -0.610. The van der Waals surface area contributed by atoms with Gasteiger partial charge in [-0.25, -0.2) is 0 Å². The maximum absolute atomic E-state index is 10.3. The summed E-state index contributed by atoms with van der Waals surface area (Å²) in [7, 11) is 0. The van der Waals surface area contributed by atoms with Gasteiger partial charge in [0.1, 0.15) is 0 Å². The van der Waals surface area contributed by atoms with Crippen LogP contribution in [0.15, 0.2) is 0 Å². The van der Waals surface area contributed by atoms with Gasteiger partial charge in [-0.3, -0.25) is 9.69 Å². The maximum Gasteiger partial charge on any atom is 0.303 e. The Labute approximate surface area is 110 Å². The van der Waals surface area contributed by atoms with Gasteiger partial charge in [0.2, 0.25) is 0 Å². The zero-order chi connectivity index (χ0) is 13.4. The molecule has 1 N–H and O–H groups in total. The highest BCUT2D eigenvalue weighted by molar-refractivity contribution is 5.66. The van der Waals surface area contributed by atoms with Gasteiger partial charge < -0.3 is 9.84 Å². The van der Waals surface area contributed by atoms with Crippen LogP contribution in [0.2, 0.25) is 0 Å². The van der Waals surface area contributed by atoms with Crippen LogP contribution in [0.3, 0.4) is 0 Å². The first kappa shape index (κ1) is 15.4. The molecule has 0 aromatic heterocycles. The van der Waals surface area contributed by atoms with Gasteiger partial charge in [0.15, 0.2) is 0 Å². The smallest absolute Gasteiger partial charge is 0.303 e. The average Bonchev–Trinajstić information content (AvgIpc) is 2.75. The van der Waals surface area contributed by atoms with Crippen LogP contribution in [-0.4, -0.2) is 47.8 Å². The summed E-state index contributed by atoms with van der Waals surface area (Å²) < 4.78 is 5.72. The van der Waals surface area contributed by atoms with Crippen molar-refractivity contribution >= 4 is 5.97 Å². The number of unbranched alkanes of at least 4 members (excludes halogenated alkanes) is 2. The standard InChI is InChI=1S/C14H27NO3/c1-12(2)15-9-6-7-13(15)11-18-10-5-3-4-8-14(16)17/h12-13H,3-11H2,1-2H3,(H,16,17)/t13-/m0/s1. The van der Waals surface area contributed by atoms with Crippen molar-refractivity contribution in [2.75, 3.05) is 19.8 Å². The second-order valence-electron chi connectivity index (χ2n) is 5.41. The monoisotopic (exact) mass is 257 g/mol. The highest BCUT2D eigenvalue weighted by atomic mass is 16.5. The minimum atomic E-state index is -0.700. The molecule has 1 aliphatic rings. The molecule has 106 valence electrons. The van der Waals surface area contributed by atoms with Crippen molar-refractivity contribution in [3.05, 3.63) is 0 Å². The summed E-state index contributed by atoms with van der Waals surface area (Å²) in [4.78, 5) is 12.8. The fourth-order valence-corrected chi connectivity index (χ4v) is 2.59. The lowest BCUT2D eigenvalue weighted by Crippen LogP contribution is -2.38. The number of hydrogen-bond acceptors (Lipinski definition) is 3. The molecule has 1 aliphatic heterocycles. The zero-order valence-electron chi connectivity index (χ0n) is 11.7. The van der Waals surface area contributed by atoms with Crippen LogP contribution in [0.5, 0.6) is 0 Å². The second kappa shape index (κ2) is 8.48. The van der Waals surface area contributed by atoms with E-state index in [2.05, 4.69) is 18.7 Å². The number of carboxylic acid groups (broad SMARTS) is 1. The quantitative estimate of drug-likeness (QED) is 0.645. The number of carboxylic acids is 1. The largest absolute Gasteiger partial charge is 0.481 e. The van der Waals surface area contributed by atoms with Crippen molar-refractivity contribution in [1.82, 2.24) is 4.90 Å². The van der Waals surface area contributed by atoms with Crippen molar-refractivity contribution in [2.24, 2.45) is 0 Å². The van der Waals surface area contributed by atoms with E-state index in [0.29, 0.717) is 12.1 Å². The molecule has 18 heavy (non-hydrogen) atoms. The normalized spacial score (nSPS) is 20.7. The molecule has 4 heteroatoms. The molecule has 0 spiro atoms. The van der Waals surface area contributed by atoms with Gasteiger partial charge in [-0.15, -0.1) is 0 Å². The molecule has 0 aliphatic carbocycles. The van der Waals surface area contributed by atoms with E-state index in [9.17, 15) is 4.79 Å². The van der Waals surface area contributed by atoms with E-state index in [-0.39, 0.29) is 6.42 Å². The molecular formula is C14H27NO3. The third kappa shape index (κ3) is 5.83. The Kier molecular flexibility index (Phi) is 7.28. The third-order valence-electron chi connectivity index (χ3n) is 3.58. The van der Waals surface area contributed by atoms with Gasteiger partial charge in [0.25, 0.3) is 0 Å². The lowest BCUT2D eigenvalue weighted by Gasteiger charge is -2.28. The van der Waals surface area contributed by atoms with Crippen molar-refractivity contribution < 1.29 is 14.6 Å². The minimum absolute atomic E-state index is 0.282. The first-order chi connectivity index (χ1) is 8.61. The molecule has 0 amide bonds. The molecule has 0 aromatic carbocycles. The Balaban J connectivity index is 1.99. The van der Waals surface area contributed by atoms with E-state index in [0.717, 1.165) is 32.5 Å². The van der Waals surface area contributed by atoms with Gasteiger partial charge in [-0.05, 0) is 46.1 Å². The number of nitrogens with zero attached hydrogens (tertiary/aromatic N) is 1. The molecule has 1 fully saturated rings. The molecule has 0 aromatic rings. The topological polar surface area (TPSA) is 49.8 Å². The summed E-state index contributed by atoms with van der Waals surface area (Å²) in [6.45, 7) is 7.28. The molecule has 1 atom stereocenters. The van der Waals surface area contributed by atoms with Crippen LogP contribution in [0.4, 0.5) is 0 Å². The van der Waals surface area contributed by atoms with Gasteiger partial charge in [-0.2, -0.15) is 0 Å². The molecule has 0 unspecified atom stereocenters. The van der Waals surface area contributed by atoms with Crippen LogP contribution in [-0.2, 0) is 9.53 Å². The second-order valence-corrected chi connectivity index (χ2v) is 5.41. The van der Waals surface area contributed by atoms with Crippen LogP contribution < -0.4 is 0 Å². The number of ether oxygens (including phenoxy) is 1. The maximum atomic E-state index is 10.3. The molecule has 1 saturated heterocycles. The number of likely N-dealkylation sites (tertiary alicyclic amines) is 1. The van der Waals surface area contributed by atoms with Gasteiger partial charge in [0, 0.05) is 25.1 Å². The summed E-state index contributed by atoms with van der Waals surface area (Å²) >= 11 is 0. The fraction of sp³-hybridized carbons (Fsp3) is 0.929.